The fourth-order valence-electron chi connectivity index (χ4n) is 2.66. The molecule has 0 aliphatic heterocycles. The third kappa shape index (κ3) is 4.65. The Kier molecular flexibility index (Phi) is 5.76. The lowest BCUT2D eigenvalue weighted by atomic mass is 10.2. The van der Waals surface area contributed by atoms with Crippen LogP contribution in [0.5, 0.6) is 5.75 Å². The van der Waals surface area contributed by atoms with Crippen molar-refractivity contribution in [1.29, 1.82) is 0 Å². The minimum atomic E-state index is -0.379. The second kappa shape index (κ2) is 8.22. The van der Waals surface area contributed by atoms with Gasteiger partial charge in [-0.15, -0.1) is 0 Å². The average Bonchev–Trinajstić information content (AvgIpc) is 3.05. The number of aromatic nitrogens is 2. The Hall–Kier alpha value is -2.86. The quantitative estimate of drug-likeness (QED) is 0.696. The fourth-order valence-corrected chi connectivity index (χ4v) is 2.88. The van der Waals surface area contributed by atoms with Crippen LogP contribution in [0, 0.1) is 19.7 Å². The lowest BCUT2D eigenvalue weighted by Gasteiger charge is -2.11. The van der Waals surface area contributed by atoms with E-state index in [-0.39, 0.29) is 24.9 Å². The Morgan fingerprint density at radius 1 is 1.26 bits per heavy atom. The van der Waals surface area contributed by atoms with Crippen molar-refractivity contribution >= 4 is 17.5 Å². The molecule has 3 rings (SSSR count). The fraction of sp³-hybridized carbons (Fsp3) is 0.200. The van der Waals surface area contributed by atoms with Gasteiger partial charge in [0, 0.05) is 24.0 Å². The summed E-state index contributed by atoms with van der Waals surface area (Å²) in [6.07, 6.45) is 3.32. The molecule has 0 spiro atoms. The van der Waals surface area contributed by atoms with Crippen LogP contribution in [0.25, 0.3) is 5.69 Å². The van der Waals surface area contributed by atoms with E-state index < -0.39 is 0 Å². The molecule has 140 valence electrons. The third-order valence-corrected chi connectivity index (χ3v) is 4.32. The van der Waals surface area contributed by atoms with Crippen LogP contribution < -0.4 is 10.1 Å². The SMILES string of the molecule is Cc1cc(Cl)ccc1OCC(=O)NCc1ccc(-n2ccnc2C)c(F)c1. The van der Waals surface area contributed by atoms with Gasteiger partial charge in [-0.05, 0) is 55.3 Å². The Labute approximate surface area is 161 Å². The van der Waals surface area contributed by atoms with Gasteiger partial charge in [0.1, 0.15) is 17.4 Å². The molecule has 1 N–H and O–H groups in total. The van der Waals surface area contributed by atoms with Gasteiger partial charge in [-0.1, -0.05) is 17.7 Å². The summed E-state index contributed by atoms with van der Waals surface area (Å²) in [6.45, 7) is 3.74. The molecule has 7 heteroatoms. The number of amides is 1. The minimum absolute atomic E-state index is 0.128. The first-order chi connectivity index (χ1) is 12.9. The average molecular weight is 388 g/mol. The number of nitrogens with zero attached hydrogens (tertiary/aromatic N) is 2. The van der Waals surface area contributed by atoms with Gasteiger partial charge in [-0.3, -0.25) is 4.79 Å². The molecule has 0 saturated carbocycles. The van der Waals surface area contributed by atoms with Crippen molar-refractivity contribution in [2.45, 2.75) is 20.4 Å². The van der Waals surface area contributed by atoms with Gasteiger partial charge in [0.15, 0.2) is 6.61 Å². The zero-order valence-corrected chi connectivity index (χ0v) is 15.8. The van der Waals surface area contributed by atoms with Crippen LogP contribution >= 0.6 is 11.6 Å². The smallest absolute Gasteiger partial charge is 0.258 e. The lowest BCUT2D eigenvalue weighted by Crippen LogP contribution is -2.28. The van der Waals surface area contributed by atoms with E-state index in [9.17, 15) is 9.18 Å². The number of carbonyl (C=O) groups is 1. The topological polar surface area (TPSA) is 56.1 Å². The number of nitrogens with one attached hydrogen (secondary N) is 1. The first kappa shape index (κ1) is 18.9. The molecule has 1 aromatic heterocycles. The lowest BCUT2D eigenvalue weighted by molar-refractivity contribution is -0.123. The number of benzene rings is 2. The molecule has 2 aromatic carbocycles. The summed E-state index contributed by atoms with van der Waals surface area (Å²) >= 11 is 5.89. The van der Waals surface area contributed by atoms with Crippen molar-refractivity contribution in [2.75, 3.05) is 6.61 Å². The minimum Gasteiger partial charge on any atom is -0.484 e. The summed E-state index contributed by atoms with van der Waals surface area (Å²) in [5, 5.41) is 3.33. The van der Waals surface area contributed by atoms with Crippen LogP contribution in [0.1, 0.15) is 17.0 Å². The summed E-state index contributed by atoms with van der Waals surface area (Å²) in [7, 11) is 0. The molecular formula is C20H19ClFN3O2. The molecule has 0 saturated heterocycles. The largest absolute Gasteiger partial charge is 0.484 e. The number of halogens is 2. The van der Waals surface area contributed by atoms with Crippen LogP contribution in [0.15, 0.2) is 48.8 Å². The standard InChI is InChI=1S/C20H19ClFN3O2/c1-13-9-16(21)4-6-19(13)27-12-20(26)24-11-15-3-5-18(17(22)10-15)25-8-7-23-14(25)2/h3-10H,11-12H2,1-2H3,(H,24,26). The highest BCUT2D eigenvalue weighted by atomic mass is 35.5. The Morgan fingerprint density at radius 2 is 2.07 bits per heavy atom. The molecule has 0 radical (unpaired) electrons. The maximum atomic E-state index is 14.4. The van der Waals surface area contributed by atoms with Gasteiger partial charge in [-0.2, -0.15) is 0 Å². The molecule has 0 bridgehead atoms. The Bertz CT molecular complexity index is 972. The van der Waals surface area contributed by atoms with E-state index in [4.69, 9.17) is 16.3 Å². The summed E-state index contributed by atoms with van der Waals surface area (Å²) in [6, 6.07) is 10.0. The van der Waals surface area contributed by atoms with Gasteiger partial charge >= 0.3 is 0 Å². The van der Waals surface area contributed by atoms with Gasteiger partial charge in [-0.25, -0.2) is 9.37 Å². The van der Waals surface area contributed by atoms with E-state index in [2.05, 4.69) is 10.3 Å². The monoisotopic (exact) mass is 387 g/mol. The first-order valence-corrected chi connectivity index (χ1v) is 8.76. The van der Waals surface area contributed by atoms with Crippen molar-refractivity contribution in [3.63, 3.8) is 0 Å². The number of aryl methyl sites for hydroxylation is 2. The van der Waals surface area contributed by atoms with Crippen LogP contribution in [0.2, 0.25) is 5.02 Å². The summed E-state index contributed by atoms with van der Waals surface area (Å²) in [5.74, 6) is 0.625. The van der Waals surface area contributed by atoms with Crippen molar-refractivity contribution in [2.24, 2.45) is 0 Å². The van der Waals surface area contributed by atoms with Crippen molar-refractivity contribution in [1.82, 2.24) is 14.9 Å². The van der Waals surface area contributed by atoms with Gasteiger partial charge in [0.25, 0.3) is 5.91 Å². The van der Waals surface area contributed by atoms with Crippen LogP contribution in [0.4, 0.5) is 4.39 Å². The van der Waals surface area contributed by atoms with Crippen LogP contribution in [0.3, 0.4) is 0 Å². The molecule has 0 aliphatic rings. The maximum absolute atomic E-state index is 14.4. The van der Waals surface area contributed by atoms with Crippen molar-refractivity contribution < 1.29 is 13.9 Å². The molecule has 0 aliphatic carbocycles. The van der Waals surface area contributed by atoms with E-state index in [0.717, 1.165) is 5.56 Å². The van der Waals surface area contributed by atoms with E-state index in [1.54, 1.807) is 54.2 Å². The van der Waals surface area contributed by atoms with E-state index in [1.165, 1.54) is 6.07 Å². The summed E-state index contributed by atoms with van der Waals surface area (Å²) in [4.78, 5) is 16.1. The van der Waals surface area contributed by atoms with Crippen LogP contribution in [-0.2, 0) is 11.3 Å². The molecule has 3 aromatic rings. The second-order valence-electron chi connectivity index (χ2n) is 6.11. The summed E-state index contributed by atoms with van der Waals surface area (Å²) in [5.41, 5.74) is 1.93. The number of hydrogen-bond donors (Lipinski definition) is 1. The predicted molar refractivity (Wildman–Crippen MR) is 102 cm³/mol. The number of imidazole rings is 1. The van der Waals surface area contributed by atoms with Crippen molar-refractivity contribution in [3.05, 3.63) is 76.6 Å². The molecule has 0 fully saturated rings. The molecule has 0 atom stereocenters. The number of carbonyl (C=O) groups excluding carboxylic acids is 1. The number of ether oxygens (including phenoxy) is 1. The molecule has 1 amide bonds. The highest BCUT2D eigenvalue weighted by molar-refractivity contribution is 6.30. The molecule has 0 unspecified atom stereocenters. The zero-order chi connectivity index (χ0) is 19.4. The van der Waals surface area contributed by atoms with E-state index in [0.29, 0.717) is 27.8 Å². The van der Waals surface area contributed by atoms with Crippen molar-refractivity contribution in [3.8, 4) is 11.4 Å². The number of rotatable bonds is 6. The zero-order valence-electron chi connectivity index (χ0n) is 15.0. The van der Waals surface area contributed by atoms with Crippen LogP contribution in [-0.4, -0.2) is 22.1 Å². The number of hydrogen-bond acceptors (Lipinski definition) is 3. The molecular weight excluding hydrogens is 369 g/mol. The van der Waals surface area contributed by atoms with E-state index in [1.807, 2.05) is 6.92 Å². The Morgan fingerprint density at radius 3 is 2.74 bits per heavy atom. The normalized spacial score (nSPS) is 10.7. The van der Waals surface area contributed by atoms with E-state index >= 15 is 0 Å². The second-order valence-corrected chi connectivity index (χ2v) is 6.54. The third-order valence-electron chi connectivity index (χ3n) is 4.08. The summed E-state index contributed by atoms with van der Waals surface area (Å²) < 4.78 is 21.5. The van der Waals surface area contributed by atoms with Gasteiger partial charge < -0.3 is 14.6 Å². The highest BCUT2D eigenvalue weighted by Gasteiger charge is 2.09. The molecule has 27 heavy (non-hydrogen) atoms. The first-order valence-electron chi connectivity index (χ1n) is 8.38. The molecule has 5 nitrogen and oxygen atoms in total. The predicted octanol–water partition coefficient (Wildman–Crippen LogP) is 3.98. The van der Waals surface area contributed by atoms with Gasteiger partial charge in [0.2, 0.25) is 0 Å². The molecule has 1 heterocycles. The highest BCUT2D eigenvalue weighted by Crippen LogP contribution is 2.21. The Balaban J connectivity index is 1.56. The van der Waals surface area contributed by atoms with Gasteiger partial charge in [0.05, 0.1) is 5.69 Å². The maximum Gasteiger partial charge on any atom is 0.258 e.